The van der Waals surface area contributed by atoms with E-state index >= 15 is 0 Å². The molecule has 88 valence electrons. The van der Waals surface area contributed by atoms with Gasteiger partial charge in [-0.3, -0.25) is 0 Å². The maximum atomic E-state index is 10.2. The molecule has 0 spiro atoms. The van der Waals surface area contributed by atoms with Crippen molar-refractivity contribution in [1.82, 2.24) is 0 Å². The molecular weight excluding hydrogens is 196 g/mol. The average Bonchev–Trinajstić information content (AvgIpc) is 2.17. The predicted octanol–water partition coefficient (Wildman–Crippen LogP) is 1.65. The van der Waals surface area contributed by atoms with Gasteiger partial charge in [-0.15, -0.1) is 0 Å². The highest BCUT2D eigenvalue weighted by Crippen LogP contribution is 1.87. The molecular formula is C11H20O4. The van der Waals surface area contributed by atoms with E-state index < -0.39 is 0 Å². The van der Waals surface area contributed by atoms with Gasteiger partial charge in [-0.05, 0) is 20.8 Å². The number of methoxy groups -OCH3 is 1. The first-order chi connectivity index (χ1) is 6.95. The van der Waals surface area contributed by atoms with Crippen LogP contribution in [-0.4, -0.2) is 30.9 Å². The zero-order valence-corrected chi connectivity index (χ0v) is 9.82. The third kappa shape index (κ3) is 15.5. The van der Waals surface area contributed by atoms with Gasteiger partial charge in [-0.1, -0.05) is 12.7 Å². The second-order valence-electron chi connectivity index (χ2n) is 2.92. The Kier molecular flexibility index (Phi) is 11.6. The number of rotatable bonds is 4. The molecule has 0 aromatic heterocycles. The van der Waals surface area contributed by atoms with Gasteiger partial charge in [0.15, 0.2) is 0 Å². The van der Waals surface area contributed by atoms with Crippen molar-refractivity contribution in [2.75, 3.05) is 13.7 Å². The topological polar surface area (TPSA) is 55.8 Å². The SMILES string of the molecule is C=C(C)C(=O)OC.CC=COCC(C)O. The minimum atomic E-state index is -0.369. The van der Waals surface area contributed by atoms with Gasteiger partial charge in [0, 0.05) is 5.57 Å². The number of carbonyl (C=O) groups is 1. The summed E-state index contributed by atoms with van der Waals surface area (Å²) < 4.78 is 9.09. The summed E-state index contributed by atoms with van der Waals surface area (Å²) in [6, 6.07) is 0. The molecule has 4 heteroatoms. The van der Waals surface area contributed by atoms with Crippen LogP contribution in [0.3, 0.4) is 0 Å². The fourth-order valence-electron chi connectivity index (χ4n) is 0.465. The van der Waals surface area contributed by atoms with Gasteiger partial charge >= 0.3 is 5.97 Å². The third-order valence-electron chi connectivity index (χ3n) is 1.10. The second-order valence-corrected chi connectivity index (χ2v) is 2.92. The van der Waals surface area contributed by atoms with E-state index in [2.05, 4.69) is 11.3 Å². The zero-order chi connectivity index (χ0) is 12.3. The van der Waals surface area contributed by atoms with E-state index in [4.69, 9.17) is 9.84 Å². The summed E-state index contributed by atoms with van der Waals surface area (Å²) in [5.74, 6) is -0.347. The number of esters is 1. The third-order valence-corrected chi connectivity index (χ3v) is 1.10. The van der Waals surface area contributed by atoms with Crippen LogP contribution >= 0.6 is 0 Å². The molecule has 0 amide bonds. The van der Waals surface area contributed by atoms with Crippen molar-refractivity contribution in [3.8, 4) is 0 Å². The van der Waals surface area contributed by atoms with Crippen LogP contribution in [0.4, 0.5) is 0 Å². The molecule has 0 aliphatic rings. The van der Waals surface area contributed by atoms with Crippen molar-refractivity contribution < 1.29 is 19.4 Å². The zero-order valence-electron chi connectivity index (χ0n) is 9.82. The largest absolute Gasteiger partial charge is 0.499 e. The van der Waals surface area contributed by atoms with Gasteiger partial charge in [-0.2, -0.15) is 0 Å². The molecule has 4 nitrogen and oxygen atoms in total. The summed E-state index contributed by atoms with van der Waals surface area (Å²) >= 11 is 0. The molecule has 15 heavy (non-hydrogen) atoms. The van der Waals surface area contributed by atoms with Crippen molar-refractivity contribution in [3.63, 3.8) is 0 Å². The lowest BCUT2D eigenvalue weighted by atomic mass is 10.4. The standard InChI is InChI=1S/C6H12O2.C5H8O2/c1-3-4-8-5-6(2)7;1-4(2)5(6)7-3/h3-4,6-7H,5H2,1-2H3;1H2,2-3H3. The van der Waals surface area contributed by atoms with Crippen LogP contribution in [0.25, 0.3) is 0 Å². The van der Waals surface area contributed by atoms with Crippen molar-refractivity contribution in [3.05, 3.63) is 24.5 Å². The van der Waals surface area contributed by atoms with Crippen LogP contribution in [0.2, 0.25) is 0 Å². The lowest BCUT2D eigenvalue weighted by Crippen LogP contribution is -2.06. The highest BCUT2D eigenvalue weighted by atomic mass is 16.5. The quantitative estimate of drug-likeness (QED) is 0.441. The van der Waals surface area contributed by atoms with Gasteiger partial charge < -0.3 is 14.6 Å². The molecule has 0 saturated carbocycles. The van der Waals surface area contributed by atoms with Crippen LogP contribution in [0.1, 0.15) is 20.8 Å². The molecule has 0 aromatic rings. The number of hydrogen-bond acceptors (Lipinski definition) is 4. The molecule has 0 aliphatic heterocycles. The molecule has 0 aromatic carbocycles. The van der Waals surface area contributed by atoms with Crippen molar-refractivity contribution in [1.29, 1.82) is 0 Å². The van der Waals surface area contributed by atoms with Gasteiger partial charge in [0.05, 0.1) is 19.5 Å². The van der Waals surface area contributed by atoms with Crippen LogP contribution in [0.15, 0.2) is 24.5 Å². The minimum Gasteiger partial charge on any atom is -0.499 e. The summed E-state index contributed by atoms with van der Waals surface area (Å²) in [6.45, 7) is 8.88. The fraction of sp³-hybridized carbons (Fsp3) is 0.545. The number of carbonyl (C=O) groups excluding carboxylic acids is 1. The Bertz CT molecular complexity index is 207. The Hall–Kier alpha value is -1.29. The second kappa shape index (κ2) is 10.8. The van der Waals surface area contributed by atoms with E-state index in [-0.39, 0.29) is 12.1 Å². The molecule has 1 unspecified atom stereocenters. The lowest BCUT2D eigenvalue weighted by molar-refractivity contribution is -0.136. The monoisotopic (exact) mass is 216 g/mol. The smallest absolute Gasteiger partial charge is 0.332 e. The van der Waals surface area contributed by atoms with E-state index in [1.807, 2.05) is 6.92 Å². The molecule has 0 saturated heterocycles. The molecule has 0 radical (unpaired) electrons. The van der Waals surface area contributed by atoms with E-state index in [9.17, 15) is 4.79 Å². The van der Waals surface area contributed by atoms with E-state index in [0.717, 1.165) is 0 Å². The van der Waals surface area contributed by atoms with Crippen molar-refractivity contribution in [2.45, 2.75) is 26.9 Å². The number of hydrogen-bond donors (Lipinski definition) is 1. The van der Waals surface area contributed by atoms with E-state index in [1.165, 1.54) is 7.11 Å². The Morgan fingerprint density at radius 2 is 2.13 bits per heavy atom. The van der Waals surface area contributed by atoms with Crippen LogP contribution in [0.5, 0.6) is 0 Å². The van der Waals surface area contributed by atoms with E-state index in [1.54, 1.807) is 26.2 Å². The highest BCUT2D eigenvalue weighted by Gasteiger charge is 1.95. The van der Waals surface area contributed by atoms with Crippen LogP contribution < -0.4 is 0 Å². The Labute approximate surface area is 91.2 Å². The Morgan fingerprint density at radius 3 is 2.33 bits per heavy atom. The maximum absolute atomic E-state index is 10.2. The number of allylic oxidation sites excluding steroid dienone is 1. The molecule has 0 rings (SSSR count). The van der Waals surface area contributed by atoms with Gasteiger partial charge in [-0.25, -0.2) is 4.79 Å². The summed E-state index contributed by atoms with van der Waals surface area (Å²) in [7, 11) is 1.33. The average molecular weight is 216 g/mol. The molecule has 1 atom stereocenters. The van der Waals surface area contributed by atoms with E-state index in [0.29, 0.717) is 12.2 Å². The summed E-state index contributed by atoms with van der Waals surface area (Å²) in [5.41, 5.74) is 0.433. The molecule has 0 bridgehead atoms. The summed E-state index contributed by atoms with van der Waals surface area (Å²) in [5, 5.41) is 8.62. The van der Waals surface area contributed by atoms with Crippen molar-refractivity contribution in [2.24, 2.45) is 0 Å². The van der Waals surface area contributed by atoms with Gasteiger partial charge in [0.1, 0.15) is 6.61 Å². The summed E-state index contributed by atoms with van der Waals surface area (Å²) in [6.07, 6.45) is 2.97. The number of aliphatic hydroxyl groups excluding tert-OH is 1. The molecule has 0 aliphatic carbocycles. The molecule has 0 fully saturated rings. The summed E-state index contributed by atoms with van der Waals surface area (Å²) in [4.78, 5) is 10.2. The lowest BCUT2D eigenvalue weighted by Gasteiger charge is -2.00. The maximum Gasteiger partial charge on any atom is 0.332 e. The van der Waals surface area contributed by atoms with Crippen LogP contribution in [0, 0.1) is 0 Å². The number of ether oxygens (including phenoxy) is 2. The van der Waals surface area contributed by atoms with Gasteiger partial charge in [0.2, 0.25) is 0 Å². The predicted molar refractivity (Wildman–Crippen MR) is 59.3 cm³/mol. The first-order valence-corrected chi connectivity index (χ1v) is 4.60. The van der Waals surface area contributed by atoms with Crippen LogP contribution in [-0.2, 0) is 14.3 Å². The highest BCUT2D eigenvalue weighted by molar-refractivity contribution is 5.86. The first-order valence-electron chi connectivity index (χ1n) is 4.60. The Morgan fingerprint density at radius 1 is 1.60 bits per heavy atom. The fourth-order valence-corrected chi connectivity index (χ4v) is 0.465. The Balaban J connectivity index is 0. The molecule has 0 heterocycles. The van der Waals surface area contributed by atoms with Crippen molar-refractivity contribution >= 4 is 5.97 Å². The number of aliphatic hydroxyl groups is 1. The van der Waals surface area contributed by atoms with Gasteiger partial charge in [0.25, 0.3) is 0 Å². The molecule has 1 N–H and O–H groups in total. The minimum absolute atomic E-state index is 0.347. The normalized spacial score (nSPS) is 11.3. The first kappa shape index (κ1) is 16.2.